The lowest BCUT2D eigenvalue weighted by atomic mass is 9.94. The second-order valence-electron chi connectivity index (χ2n) is 5.89. The maximum Gasteiger partial charge on any atom is 0.0695 e. The highest BCUT2D eigenvalue weighted by molar-refractivity contribution is 5.81. The van der Waals surface area contributed by atoms with Crippen molar-refractivity contribution in [2.45, 2.75) is 33.2 Å². The molecule has 0 fully saturated rings. The Morgan fingerprint density at radius 2 is 2.20 bits per heavy atom. The van der Waals surface area contributed by atoms with Crippen LogP contribution in [-0.2, 0) is 6.54 Å². The highest BCUT2D eigenvalue weighted by Gasteiger charge is 2.10. The van der Waals surface area contributed by atoms with Crippen LogP contribution in [0.15, 0.2) is 24.4 Å². The number of nitrogens with zero attached hydrogens (tertiary/aromatic N) is 1. The Balaban J connectivity index is 1.89. The molecule has 20 heavy (non-hydrogen) atoms. The van der Waals surface area contributed by atoms with E-state index in [2.05, 4.69) is 47.6 Å². The molecule has 2 aromatic rings. The predicted octanol–water partition coefficient (Wildman–Crippen LogP) is 2.70. The first-order valence-corrected chi connectivity index (χ1v) is 7.43. The number of aromatic amines is 1. The van der Waals surface area contributed by atoms with Crippen LogP contribution in [-0.4, -0.2) is 28.5 Å². The second kappa shape index (κ2) is 7.41. The molecule has 0 aliphatic rings. The first kappa shape index (κ1) is 15.0. The van der Waals surface area contributed by atoms with Crippen LogP contribution >= 0.6 is 0 Å². The molecule has 3 N–H and O–H groups in total. The lowest BCUT2D eigenvalue weighted by Gasteiger charge is -2.18. The third kappa shape index (κ3) is 4.05. The van der Waals surface area contributed by atoms with Gasteiger partial charge in [0.05, 0.1) is 11.7 Å². The van der Waals surface area contributed by atoms with Crippen molar-refractivity contribution < 1.29 is 5.11 Å². The zero-order valence-electron chi connectivity index (χ0n) is 12.4. The number of hydrogen-bond acceptors (Lipinski definition) is 3. The van der Waals surface area contributed by atoms with E-state index in [4.69, 9.17) is 5.11 Å². The first-order chi connectivity index (χ1) is 9.70. The minimum atomic E-state index is 0.273. The molecule has 0 saturated carbocycles. The van der Waals surface area contributed by atoms with Gasteiger partial charge in [0.25, 0.3) is 0 Å². The first-order valence-electron chi connectivity index (χ1n) is 7.43. The van der Waals surface area contributed by atoms with Gasteiger partial charge >= 0.3 is 0 Å². The zero-order valence-corrected chi connectivity index (χ0v) is 12.4. The molecule has 0 radical (unpaired) electrons. The highest BCUT2D eigenvalue weighted by Crippen LogP contribution is 2.17. The van der Waals surface area contributed by atoms with Crippen molar-refractivity contribution in [3.63, 3.8) is 0 Å². The molecule has 1 heterocycles. The van der Waals surface area contributed by atoms with Gasteiger partial charge in [0.15, 0.2) is 0 Å². The number of nitrogens with one attached hydrogen (secondary N) is 2. The maximum absolute atomic E-state index is 9.14. The molecule has 4 heteroatoms. The number of benzene rings is 1. The number of aromatic nitrogens is 2. The molecule has 4 nitrogen and oxygen atoms in total. The Labute approximate surface area is 120 Å². The standard InChI is InChI=1S/C16H25N3O/c1-12(2)8-13(6-7-20)9-17-10-14-4-3-5-15-11-18-19-16(14)15/h3-5,11-13,17,20H,6-10H2,1-2H3,(H,18,19). The number of H-pyrrole nitrogens is 1. The summed E-state index contributed by atoms with van der Waals surface area (Å²) < 4.78 is 0. The van der Waals surface area contributed by atoms with Gasteiger partial charge in [-0.15, -0.1) is 0 Å². The number of aliphatic hydroxyl groups is 1. The van der Waals surface area contributed by atoms with Gasteiger partial charge < -0.3 is 10.4 Å². The quantitative estimate of drug-likeness (QED) is 0.694. The molecule has 0 aliphatic heterocycles. The average molecular weight is 275 g/mol. The molecule has 2 rings (SSSR count). The van der Waals surface area contributed by atoms with Crippen molar-refractivity contribution in [3.8, 4) is 0 Å². The molecule has 0 bridgehead atoms. The summed E-state index contributed by atoms with van der Waals surface area (Å²) in [5.41, 5.74) is 2.36. The van der Waals surface area contributed by atoms with Crippen LogP contribution < -0.4 is 5.32 Å². The third-order valence-electron chi connectivity index (χ3n) is 3.65. The third-order valence-corrected chi connectivity index (χ3v) is 3.65. The lowest BCUT2D eigenvalue weighted by Crippen LogP contribution is -2.24. The van der Waals surface area contributed by atoms with Gasteiger partial charge in [0.2, 0.25) is 0 Å². The van der Waals surface area contributed by atoms with Gasteiger partial charge in [-0.2, -0.15) is 5.10 Å². The van der Waals surface area contributed by atoms with Crippen LogP contribution in [0.5, 0.6) is 0 Å². The Kier molecular flexibility index (Phi) is 5.56. The summed E-state index contributed by atoms with van der Waals surface area (Å²) in [5, 5.41) is 20.9. The normalized spacial score (nSPS) is 13.2. The minimum absolute atomic E-state index is 0.273. The average Bonchev–Trinajstić information content (AvgIpc) is 2.87. The van der Waals surface area contributed by atoms with E-state index in [-0.39, 0.29) is 6.61 Å². The Morgan fingerprint density at radius 1 is 1.35 bits per heavy atom. The van der Waals surface area contributed by atoms with Gasteiger partial charge in [-0.05, 0) is 36.8 Å². The largest absolute Gasteiger partial charge is 0.396 e. The van der Waals surface area contributed by atoms with E-state index in [1.807, 2.05) is 6.20 Å². The number of aliphatic hydroxyl groups excluding tert-OH is 1. The molecule has 0 spiro atoms. The summed E-state index contributed by atoms with van der Waals surface area (Å²) in [4.78, 5) is 0. The van der Waals surface area contributed by atoms with E-state index in [0.717, 1.165) is 36.8 Å². The smallest absolute Gasteiger partial charge is 0.0695 e. The summed E-state index contributed by atoms with van der Waals surface area (Å²) in [5.74, 6) is 1.21. The number of fused-ring (bicyclic) bond motifs is 1. The molecule has 0 saturated heterocycles. The predicted molar refractivity (Wildman–Crippen MR) is 82.4 cm³/mol. The van der Waals surface area contributed by atoms with Crippen LogP contribution in [0.2, 0.25) is 0 Å². The summed E-state index contributed by atoms with van der Waals surface area (Å²) in [6.45, 7) is 6.52. The van der Waals surface area contributed by atoms with E-state index >= 15 is 0 Å². The van der Waals surface area contributed by atoms with Gasteiger partial charge in [-0.3, -0.25) is 5.10 Å². The van der Waals surface area contributed by atoms with Crippen molar-refractivity contribution in [2.75, 3.05) is 13.2 Å². The lowest BCUT2D eigenvalue weighted by molar-refractivity contribution is 0.239. The fourth-order valence-corrected chi connectivity index (χ4v) is 2.74. The minimum Gasteiger partial charge on any atom is -0.396 e. The van der Waals surface area contributed by atoms with Gasteiger partial charge in [-0.25, -0.2) is 0 Å². The molecule has 1 atom stereocenters. The maximum atomic E-state index is 9.14. The molecule has 1 aromatic carbocycles. The van der Waals surface area contributed by atoms with Crippen LogP contribution in [0.4, 0.5) is 0 Å². The van der Waals surface area contributed by atoms with Crippen molar-refractivity contribution in [1.29, 1.82) is 0 Å². The van der Waals surface area contributed by atoms with Crippen LogP contribution in [0.1, 0.15) is 32.3 Å². The van der Waals surface area contributed by atoms with Crippen LogP contribution in [0.3, 0.4) is 0 Å². The molecule has 1 aromatic heterocycles. The second-order valence-corrected chi connectivity index (χ2v) is 5.89. The summed E-state index contributed by atoms with van der Waals surface area (Å²) in [7, 11) is 0. The summed E-state index contributed by atoms with van der Waals surface area (Å²) in [6, 6.07) is 6.25. The van der Waals surface area contributed by atoms with Gasteiger partial charge in [0, 0.05) is 18.5 Å². The Morgan fingerprint density at radius 3 is 2.95 bits per heavy atom. The van der Waals surface area contributed by atoms with Gasteiger partial charge in [-0.1, -0.05) is 32.0 Å². The summed E-state index contributed by atoms with van der Waals surface area (Å²) in [6.07, 6.45) is 3.88. The van der Waals surface area contributed by atoms with E-state index in [9.17, 15) is 0 Å². The Bertz CT molecular complexity index is 521. The zero-order chi connectivity index (χ0) is 14.4. The fraction of sp³-hybridized carbons (Fsp3) is 0.562. The molecule has 0 aliphatic carbocycles. The molecule has 1 unspecified atom stereocenters. The van der Waals surface area contributed by atoms with Gasteiger partial charge in [0.1, 0.15) is 0 Å². The van der Waals surface area contributed by atoms with Crippen LogP contribution in [0.25, 0.3) is 10.9 Å². The molecule has 110 valence electrons. The topological polar surface area (TPSA) is 60.9 Å². The molecular formula is C16H25N3O. The molecule has 0 amide bonds. The van der Waals surface area contributed by atoms with E-state index < -0.39 is 0 Å². The fourth-order valence-electron chi connectivity index (χ4n) is 2.74. The van der Waals surface area contributed by atoms with E-state index in [1.165, 1.54) is 5.56 Å². The number of hydrogen-bond donors (Lipinski definition) is 3. The van der Waals surface area contributed by atoms with E-state index in [1.54, 1.807) is 0 Å². The SMILES string of the molecule is CC(C)CC(CCO)CNCc1cccc2cn[nH]c12. The van der Waals surface area contributed by atoms with Crippen molar-refractivity contribution in [1.82, 2.24) is 15.5 Å². The summed E-state index contributed by atoms with van der Waals surface area (Å²) >= 11 is 0. The highest BCUT2D eigenvalue weighted by atomic mass is 16.3. The monoisotopic (exact) mass is 275 g/mol. The van der Waals surface area contributed by atoms with Crippen LogP contribution in [0, 0.1) is 11.8 Å². The number of rotatable bonds is 8. The Hall–Kier alpha value is -1.39. The van der Waals surface area contributed by atoms with E-state index in [0.29, 0.717) is 11.8 Å². The van der Waals surface area contributed by atoms with Crippen molar-refractivity contribution in [3.05, 3.63) is 30.0 Å². The van der Waals surface area contributed by atoms with Crippen molar-refractivity contribution in [2.24, 2.45) is 11.8 Å². The molecular weight excluding hydrogens is 250 g/mol. The van der Waals surface area contributed by atoms with Crippen molar-refractivity contribution >= 4 is 10.9 Å². The number of para-hydroxylation sites is 1.